The molecule has 0 aliphatic rings. The lowest BCUT2D eigenvalue weighted by molar-refractivity contribution is 0.423. The third kappa shape index (κ3) is 3.51. The van der Waals surface area contributed by atoms with Gasteiger partial charge in [0.15, 0.2) is 0 Å². The second-order valence-corrected chi connectivity index (χ2v) is 8.01. The van der Waals surface area contributed by atoms with E-state index in [4.69, 9.17) is 12.2 Å². The van der Waals surface area contributed by atoms with E-state index in [-0.39, 0.29) is 10.8 Å². The highest BCUT2D eigenvalue weighted by molar-refractivity contribution is 7.80. The van der Waals surface area contributed by atoms with Crippen molar-refractivity contribution in [2.75, 3.05) is 14.1 Å². The number of phenolic OH excluding ortho intramolecular Hbond substituents is 1. The average Bonchev–Trinajstić information content (AvgIpc) is 2.24. The highest BCUT2D eigenvalue weighted by Gasteiger charge is 2.27. The van der Waals surface area contributed by atoms with Crippen molar-refractivity contribution in [3.05, 3.63) is 28.8 Å². The number of nitrogens with zero attached hydrogens (tertiary/aromatic N) is 1. The summed E-state index contributed by atoms with van der Waals surface area (Å²) in [7, 11) is 3.89. The summed E-state index contributed by atoms with van der Waals surface area (Å²) < 4.78 is 0. The average molecular weight is 293 g/mol. The minimum Gasteiger partial charge on any atom is -0.507 e. The predicted octanol–water partition coefficient (Wildman–Crippen LogP) is 4.22. The van der Waals surface area contributed by atoms with Gasteiger partial charge in [-0.15, -0.1) is 0 Å². The van der Waals surface area contributed by atoms with Crippen LogP contribution >= 0.6 is 12.2 Å². The van der Waals surface area contributed by atoms with Crippen molar-refractivity contribution in [2.24, 2.45) is 0 Å². The van der Waals surface area contributed by atoms with Gasteiger partial charge in [-0.3, -0.25) is 0 Å². The molecule has 0 heterocycles. The Labute approximate surface area is 128 Å². The summed E-state index contributed by atoms with van der Waals surface area (Å²) in [5.74, 6) is 0.398. The van der Waals surface area contributed by atoms with E-state index >= 15 is 0 Å². The molecule has 1 aromatic rings. The zero-order valence-electron chi connectivity index (χ0n) is 14.0. The van der Waals surface area contributed by atoms with Crippen molar-refractivity contribution in [1.82, 2.24) is 4.90 Å². The standard InChI is InChI=1S/C17H27NOS/c1-16(2,3)12-9-11(15(20)18(7)8)10-13(14(12)19)17(4,5)6/h9-10,19H,1-8H3. The summed E-state index contributed by atoms with van der Waals surface area (Å²) in [4.78, 5) is 2.72. The van der Waals surface area contributed by atoms with Gasteiger partial charge in [0.2, 0.25) is 0 Å². The van der Waals surface area contributed by atoms with Gasteiger partial charge in [-0.05, 0) is 23.0 Å². The van der Waals surface area contributed by atoms with Gasteiger partial charge in [0.05, 0.1) is 0 Å². The van der Waals surface area contributed by atoms with Crippen molar-refractivity contribution in [1.29, 1.82) is 0 Å². The summed E-state index contributed by atoms with van der Waals surface area (Å²) >= 11 is 5.50. The normalized spacial score (nSPS) is 12.4. The number of thiocarbonyl (C=S) groups is 1. The molecule has 0 saturated heterocycles. The molecule has 0 aromatic heterocycles. The van der Waals surface area contributed by atoms with E-state index in [0.717, 1.165) is 21.7 Å². The lowest BCUT2D eigenvalue weighted by atomic mass is 9.78. The number of hydrogen-bond donors (Lipinski definition) is 1. The fraction of sp³-hybridized carbons (Fsp3) is 0.588. The first-order valence-corrected chi connectivity index (χ1v) is 7.36. The summed E-state index contributed by atoms with van der Waals surface area (Å²) in [6.07, 6.45) is 0. The molecule has 0 spiro atoms. The van der Waals surface area contributed by atoms with E-state index in [9.17, 15) is 5.11 Å². The van der Waals surface area contributed by atoms with Gasteiger partial charge in [-0.1, -0.05) is 53.8 Å². The Bertz CT molecular complexity index is 484. The molecule has 0 aliphatic heterocycles. The Balaban J connectivity index is 3.63. The van der Waals surface area contributed by atoms with Crippen LogP contribution in [0.1, 0.15) is 58.2 Å². The van der Waals surface area contributed by atoms with Crippen LogP contribution in [0.4, 0.5) is 0 Å². The molecule has 0 radical (unpaired) electrons. The summed E-state index contributed by atoms with van der Waals surface area (Å²) in [5, 5.41) is 10.6. The molecule has 0 atom stereocenters. The van der Waals surface area contributed by atoms with Crippen LogP contribution in [0.2, 0.25) is 0 Å². The van der Waals surface area contributed by atoms with Gasteiger partial charge >= 0.3 is 0 Å². The number of rotatable bonds is 1. The van der Waals surface area contributed by atoms with E-state index in [1.165, 1.54) is 0 Å². The Hall–Kier alpha value is -1.09. The van der Waals surface area contributed by atoms with E-state index in [2.05, 4.69) is 41.5 Å². The molecular weight excluding hydrogens is 266 g/mol. The molecule has 0 unspecified atom stereocenters. The summed E-state index contributed by atoms with van der Waals surface area (Å²) in [6.45, 7) is 12.6. The van der Waals surface area contributed by atoms with Gasteiger partial charge in [0, 0.05) is 30.8 Å². The first-order chi connectivity index (χ1) is 8.85. The maximum Gasteiger partial charge on any atom is 0.123 e. The first-order valence-electron chi connectivity index (χ1n) is 6.95. The minimum absolute atomic E-state index is 0.123. The lowest BCUT2D eigenvalue weighted by Gasteiger charge is -2.29. The zero-order valence-corrected chi connectivity index (χ0v) is 14.8. The van der Waals surface area contributed by atoms with E-state index in [1.54, 1.807) is 0 Å². The van der Waals surface area contributed by atoms with E-state index < -0.39 is 0 Å². The van der Waals surface area contributed by atoms with E-state index in [1.807, 2.05) is 31.1 Å². The Morgan fingerprint density at radius 3 is 1.55 bits per heavy atom. The summed E-state index contributed by atoms with van der Waals surface area (Å²) in [5.41, 5.74) is 2.65. The van der Waals surface area contributed by atoms with Crippen molar-refractivity contribution in [3.8, 4) is 5.75 Å². The van der Waals surface area contributed by atoms with Crippen molar-refractivity contribution >= 4 is 17.2 Å². The van der Waals surface area contributed by atoms with Crippen molar-refractivity contribution < 1.29 is 5.11 Å². The maximum absolute atomic E-state index is 10.6. The Morgan fingerprint density at radius 1 is 0.950 bits per heavy atom. The van der Waals surface area contributed by atoms with Crippen molar-refractivity contribution in [2.45, 2.75) is 52.4 Å². The highest BCUT2D eigenvalue weighted by atomic mass is 32.1. The fourth-order valence-corrected chi connectivity index (χ4v) is 2.28. The van der Waals surface area contributed by atoms with Gasteiger partial charge in [0.1, 0.15) is 10.7 Å². The van der Waals surface area contributed by atoms with Crippen LogP contribution in [-0.2, 0) is 10.8 Å². The predicted molar refractivity (Wildman–Crippen MR) is 90.9 cm³/mol. The molecule has 20 heavy (non-hydrogen) atoms. The highest BCUT2D eigenvalue weighted by Crippen LogP contribution is 2.39. The molecule has 1 aromatic carbocycles. The van der Waals surface area contributed by atoms with Crippen molar-refractivity contribution in [3.63, 3.8) is 0 Å². The second kappa shape index (κ2) is 5.36. The lowest BCUT2D eigenvalue weighted by Crippen LogP contribution is -2.24. The monoisotopic (exact) mass is 293 g/mol. The number of benzene rings is 1. The molecule has 3 heteroatoms. The molecule has 0 amide bonds. The first kappa shape index (κ1) is 17.0. The zero-order chi connectivity index (χ0) is 15.9. The molecule has 0 aliphatic carbocycles. The number of phenols is 1. The fourth-order valence-electron chi connectivity index (χ4n) is 2.16. The molecule has 0 saturated carbocycles. The second-order valence-electron chi connectivity index (χ2n) is 7.62. The van der Waals surface area contributed by atoms with Gasteiger partial charge in [-0.25, -0.2) is 0 Å². The third-order valence-electron chi connectivity index (χ3n) is 3.38. The van der Waals surface area contributed by atoms with Crippen LogP contribution in [0.5, 0.6) is 5.75 Å². The number of hydrogen-bond acceptors (Lipinski definition) is 2. The van der Waals surface area contributed by atoms with Crippen LogP contribution in [0, 0.1) is 0 Å². The molecule has 1 rings (SSSR count). The molecule has 0 bridgehead atoms. The Kier molecular flexibility index (Phi) is 4.55. The van der Waals surface area contributed by atoms with Crippen LogP contribution < -0.4 is 0 Å². The maximum atomic E-state index is 10.6. The molecule has 2 nitrogen and oxygen atoms in total. The largest absolute Gasteiger partial charge is 0.507 e. The molecule has 0 fully saturated rings. The molecule has 112 valence electrons. The van der Waals surface area contributed by atoms with Gasteiger partial charge in [-0.2, -0.15) is 0 Å². The van der Waals surface area contributed by atoms with Gasteiger partial charge in [0.25, 0.3) is 0 Å². The van der Waals surface area contributed by atoms with Crippen LogP contribution in [0.25, 0.3) is 0 Å². The van der Waals surface area contributed by atoms with Crippen LogP contribution in [-0.4, -0.2) is 29.1 Å². The smallest absolute Gasteiger partial charge is 0.123 e. The van der Waals surface area contributed by atoms with E-state index in [0.29, 0.717) is 5.75 Å². The van der Waals surface area contributed by atoms with Crippen LogP contribution in [0.15, 0.2) is 12.1 Å². The molecular formula is C17H27NOS. The number of aromatic hydroxyl groups is 1. The van der Waals surface area contributed by atoms with Gasteiger partial charge < -0.3 is 10.0 Å². The third-order valence-corrected chi connectivity index (χ3v) is 3.98. The molecule has 1 N–H and O–H groups in total. The van der Waals surface area contributed by atoms with Crippen LogP contribution in [0.3, 0.4) is 0 Å². The Morgan fingerprint density at radius 2 is 1.30 bits per heavy atom. The summed E-state index contributed by atoms with van der Waals surface area (Å²) in [6, 6.07) is 4.04. The topological polar surface area (TPSA) is 23.5 Å². The quantitative estimate of drug-likeness (QED) is 0.784. The minimum atomic E-state index is -0.123. The SMILES string of the molecule is CN(C)C(=S)c1cc(C(C)(C)C)c(O)c(C(C)(C)C)c1.